The molecule has 0 spiro atoms. The molecule has 0 unspecified atom stereocenters. The van der Waals surface area contributed by atoms with E-state index in [9.17, 15) is 0 Å². The topological polar surface area (TPSA) is 49.9 Å². The molecule has 0 fully saturated rings. The third kappa shape index (κ3) is 9.06. The SMILES string of the molecule is CC.C\C=C(C)/C(=C\CC)/C=C(C)/C(C)=C\C(=N)N. The van der Waals surface area contributed by atoms with E-state index < -0.39 is 0 Å². The van der Waals surface area contributed by atoms with E-state index >= 15 is 0 Å². The number of hydrogen-bond donors (Lipinski definition) is 2. The normalized spacial score (nSPS) is 13.8. The summed E-state index contributed by atoms with van der Waals surface area (Å²) in [5, 5.41) is 7.25. The molecule has 0 atom stereocenters. The van der Waals surface area contributed by atoms with E-state index in [1.165, 1.54) is 11.1 Å². The Bertz CT molecular complexity index is 393. The van der Waals surface area contributed by atoms with Gasteiger partial charge in [0.2, 0.25) is 0 Å². The molecule has 0 aromatic rings. The van der Waals surface area contributed by atoms with Gasteiger partial charge < -0.3 is 5.73 Å². The van der Waals surface area contributed by atoms with Crippen LogP contribution in [0.25, 0.3) is 0 Å². The van der Waals surface area contributed by atoms with Crippen molar-refractivity contribution in [2.24, 2.45) is 5.73 Å². The van der Waals surface area contributed by atoms with Crippen molar-refractivity contribution >= 4 is 5.84 Å². The van der Waals surface area contributed by atoms with Crippen LogP contribution in [0.15, 0.2) is 46.6 Å². The molecule has 3 N–H and O–H groups in total. The van der Waals surface area contributed by atoms with Crippen LogP contribution in [0.1, 0.15) is 54.9 Å². The van der Waals surface area contributed by atoms with Crippen LogP contribution < -0.4 is 5.73 Å². The Kier molecular flexibility index (Phi) is 12.0. The van der Waals surface area contributed by atoms with Gasteiger partial charge in [0.1, 0.15) is 5.84 Å². The Hall–Kier alpha value is -1.57. The second-order valence-electron chi connectivity index (χ2n) is 4.15. The first kappa shape index (κ1) is 19.8. The Morgan fingerprint density at radius 1 is 1.00 bits per heavy atom. The van der Waals surface area contributed by atoms with Crippen LogP contribution >= 0.6 is 0 Å². The molecule has 108 valence electrons. The minimum Gasteiger partial charge on any atom is -0.384 e. The maximum Gasteiger partial charge on any atom is 0.115 e. The highest BCUT2D eigenvalue weighted by Crippen LogP contribution is 2.17. The van der Waals surface area contributed by atoms with Crippen molar-refractivity contribution in [1.29, 1.82) is 5.41 Å². The summed E-state index contributed by atoms with van der Waals surface area (Å²) >= 11 is 0. The van der Waals surface area contributed by atoms with Gasteiger partial charge in [-0.1, -0.05) is 39.0 Å². The van der Waals surface area contributed by atoms with Crippen LogP contribution in [0, 0.1) is 5.41 Å². The molecule has 0 aliphatic carbocycles. The number of nitrogens with two attached hydrogens (primary N) is 1. The van der Waals surface area contributed by atoms with E-state index in [0.717, 1.165) is 17.6 Å². The minimum atomic E-state index is 0.0963. The highest BCUT2D eigenvalue weighted by Gasteiger charge is 1.99. The Balaban J connectivity index is 0. The Morgan fingerprint density at radius 3 is 1.84 bits per heavy atom. The summed E-state index contributed by atoms with van der Waals surface area (Å²) in [4.78, 5) is 0. The van der Waals surface area contributed by atoms with Crippen molar-refractivity contribution in [3.63, 3.8) is 0 Å². The fourth-order valence-corrected chi connectivity index (χ4v) is 1.41. The molecular weight excluding hydrogens is 232 g/mol. The summed E-state index contributed by atoms with van der Waals surface area (Å²) in [5.74, 6) is 0.0963. The first-order valence-corrected chi connectivity index (χ1v) is 6.96. The third-order valence-electron chi connectivity index (χ3n) is 2.68. The zero-order valence-electron chi connectivity index (χ0n) is 13.6. The summed E-state index contributed by atoms with van der Waals surface area (Å²) in [6.45, 7) is 14.3. The zero-order valence-corrected chi connectivity index (χ0v) is 13.6. The lowest BCUT2D eigenvalue weighted by molar-refractivity contribution is 1.19. The summed E-state index contributed by atoms with van der Waals surface area (Å²) in [6.07, 6.45) is 9.16. The van der Waals surface area contributed by atoms with Gasteiger partial charge in [-0.15, -0.1) is 0 Å². The molecule has 0 bridgehead atoms. The molecule has 2 heteroatoms. The van der Waals surface area contributed by atoms with E-state index in [1.54, 1.807) is 6.08 Å². The number of allylic oxidation sites excluding steroid dienone is 7. The quantitative estimate of drug-likeness (QED) is 0.402. The fourth-order valence-electron chi connectivity index (χ4n) is 1.41. The highest BCUT2D eigenvalue weighted by atomic mass is 14.7. The molecule has 19 heavy (non-hydrogen) atoms. The van der Waals surface area contributed by atoms with Crippen molar-refractivity contribution in [2.75, 3.05) is 0 Å². The maximum absolute atomic E-state index is 7.25. The second kappa shape index (κ2) is 11.5. The average Bonchev–Trinajstić information content (AvgIpc) is 2.38. The molecule has 0 heterocycles. The number of amidine groups is 1. The van der Waals surface area contributed by atoms with Crippen LogP contribution in [0.3, 0.4) is 0 Å². The lowest BCUT2D eigenvalue weighted by atomic mass is 10.00. The number of rotatable bonds is 5. The summed E-state index contributed by atoms with van der Waals surface area (Å²) < 4.78 is 0. The van der Waals surface area contributed by atoms with Gasteiger partial charge in [0.25, 0.3) is 0 Å². The largest absolute Gasteiger partial charge is 0.384 e. The predicted octanol–water partition coefficient (Wildman–Crippen LogP) is 5.14. The molecule has 0 aliphatic heterocycles. The molecule has 0 aromatic carbocycles. The van der Waals surface area contributed by atoms with Crippen LogP contribution in [0.2, 0.25) is 0 Å². The van der Waals surface area contributed by atoms with Crippen LogP contribution in [-0.4, -0.2) is 5.84 Å². The molecule has 0 aromatic heterocycles. The van der Waals surface area contributed by atoms with E-state index in [2.05, 4.69) is 32.1 Å². The van der Waals surface area contributed by atoms with Gasteiger partial charge in [-0.3, -0.25) is 5.41 Å². The molecule has 0 saturated heterocycles. The molecule has 2 nitrogen and oxygen atoms in total. The van der Waals surface area contributed by atoms with Crippen molar-refractivity contribution in [3.05, 3.63) is 46.6 Å². The molecule has 0 aliphatic rings. The summed E-state index contributed by atoms with van der Waals surface area (Å²) in [6, 6.07) is 0. The lowest BCUT2D eigenvalue weighted by Gasteiger charge is -2.06. The van der Waals surface area contributed by atoms with E-state index in [4.69, 9.17) is 11.1 Å². The molecular formula is C17H30N2. The van der Waals surface area contributed by atoms with E-state index in [0.29, 0.717) is 0 Å². The third-order valence-corrected chi connectivity index (χ3v) is 2.68. The average molecular weight is 262 g/mol. The van der Waals surface area contributed by atoms with Crippen LogP contribution in [-0.2, 0) is 0 Å². The molecule has 0 rings (SSSR count). The Labute approximate surface area is 119 Å². The Morgan fingerprint density at radius 2 is 1.47 bits per heavy atom. The van der Waals surface area contributed by atoms with Crippen molar-refractivity contribution in [2.45, 2.75) is 54.9 Å². The van der Waals surface area contributed by atoms with E-state index in [-0.39, 0.29) is 5.84 Å². The van der Waals surface area contributed by atoms with Crippen LogP contribution in [0.4, 0.5) is 0 Å². The summed E-state index contributed by atoms with van der Waals surface area (Å²) in [7, 11) is 0. The van der Waals surface area contributed by atoms with Gasteiger partial charge >= 0.3 is 0 Å². The highest BCUT2D eigenvalue weighted by molar-refractivity contribution is 5.89. The van der Waals surface area contributed by atoms with Gasteiger partial charge in [0.05, 0.1) is 0 Å². The zero-order chi connectivity index (χ0) is 15.4. The van der Waals surface area contributed by atoms with Gasteiger partial charge in [-0.2, -0.15) is 0 Å². The van der Waals surface area contributed by atoms with Crippen molar-refractivity contribution in [3.8, 4) is 0 Å². The molecule has 0 amide bonds. The molecule has 0 radical (unpaired) electrons. The number of hydrogen-bond acceptors (Lipinski definition) is 1. The first-order valence-electron chi connectivity index (χ1n) is 6.96. The van der Waals surface area contributed by atoms with Gasteiger partial charge in [-0.05, 0) is 62.5 Å². The summed E-state index contributed by atoms with van der Waals surface area (Å²) in [5.41, 5.74) is 10.0. The van der Waals surface area contributed by atoms with Crippen molar-refractivity contribution < 1.29 is 0 Å². The van der Waals surface area contributed by atoms with Gasteiger partial charge in [0, 0.05) is 0 Å². The van der Waals surface area contributed by atoms with Gasteiger partial charge in [-0.25, -0.2) is 0 Å². The lowest BCUT2D eigenvalue weighted by Crippen LogP contribution is -2.05. The monoisotopic (exact) mass is 262 g/mol. The number of nitrogens with one attached hydrogen (secondary N) is 1. The standard InChI is InChI=1S/C15H24N2.C2H6/c1-6-8-14(11(3)7-2)9-12(4)13(5)10-15(16)17;1-2/h7-10H,6H2,1-5H3,(H3,16,17);1-2H3/b11-7-,12-9+,13-10-,14-8-;. The first-order chi connectivity index (χ1) is 8.92. The predicted molar refractivity (Wildman–Crippen MR) is 88.6 cm³/mol. The minimum absolute atomic E-state index is 0.0963. The maximum atomic E-state index is 7.25. The van der Waals surface area contributed by atoms with Crippen molar-refractivity contribution in [1.82, 2.24) is 0 Å². The smallest absolute Gasteiger partial charge is 0.115 e. The van der Waals surface area contributed by atoms with Crippen LogP contribution in [0.5, 0.6) is 0 Å². The molecule has 0 saturated carbocycles. The fraction of sp³-hybridized carbons (Fsp3) is 0.471. The van der Waals surface area contributed by atoms with E-state index in [1.807, 2.05) is 34.6 Å². The van der Waals surface area contributed by atoms with Gasteiger partial charge in [0.15, 0.2) is 0 Å². The second-order valence-corrected chi connectivity index (χ2v) is 4.15.